The third-order valence-corrected chi connectivity index (χ3v) is 9.08. The van der Waals surface area contributed by atoms with E-state index in [9.17, 15) is 29.8 Å². The van der Waals surface area contributed by atoms with Crippen LogP contribution in [0.3, 0.4) is 0 Å². The Hall–Kier alpha value is -3.90. The zero-order valence-electron chi connectivity index (χ0n) is 17.9. The van der Waals surface area contributed by atoms with E-state index in [0.717, 1.165) is 11.3 Å². The predicted molar refractivity (Wildman–Crippen MR) is 144 cm³/mol. The van der Waals surface area contributed by atoms with E-state index in [1.54, 1.807) is 10.8 Å². The molecule has 0 aliphatic heterocycles. The smallest absolute Gasteiger partial charge is 0.280 e. The van der Waals surface area contributed by atoms with Gasteiger partial charge in [0.05, 0.1) is 51.5 Å². The highest BCUT2D eigenvalue weighted by Crippen LogP contribution is 2.34. The number of nitro groups is 2. The standard InChI is InChI=1S/C20H10N6O6S5/c27-17(23-19-21-11(7-35-19)15-3-9(5-33-15)25(29)30)13-1-2-14(37-13)18(28)24-20-22-12(8-36-20)16-4-10(6-34-16)26(31)32/h1-8H,(H,21,23,27)(H,22,24,28). The van der Waals surface area contributed by atoms with Crippen LogP contribution in [0.2, 0.25) is 0 Å². The highest BCUT2D eigenvalue weighted by molar-refractivity contribution is 7.18. The lowest BCUT2D eigenvalue weighted by molar-refractivity contribution is -0.384. The van der Waals surface area contributed by atoms with Crippen LogP contribution in [0.5, 0.6) is 0 Å². The fraction of sp³-hybridized carbons (Fsp3) is 0. The maximum atomic E-state index is 12.6. The van der Waals surface area contributed by atoms with E-state index < -0.39 is 21.7 Å². The molecule has 0 unspecified atom stereocenters. The molecule has 17 heteroatoms. The maximum absolute atomic E-state index is 12.6. The summed E-state index contributed by atoms with van der Waals surface area (Å²) in [5.41, 5.74) is 0.995. The van der Waals surface area contributed by atoms with E-state index >= 15 is 0 Å². The summed E-state index contributed by atoms with van der Waals surface area (Å²) in [6, 6.07) is 5.88. The van der Waals surface area contributed by atoms with Gasteiger partial charge in [0.15, 0.2) is 10.3 Å². The van der Waals surface area contributed by atoms with E-state index in [2.05, 4.69) is 20.6 Å². The lowest BCUT2D eigenvalue weighted by Gasteiger charge is -1.99. The van der Waals surface area contributed by atoms with E-state index in [1.165, 1.54) is 80.4 Å². The quantitative estimate of drug-likeness (QED) is 0.154. The number of amides is 2. The molecular formula is C20H10N6O6S5. The monoisotopic (exact) mass is 590 g/mol. The number of thiazole rings is 2. The average Bonchev–Trinajstić information content (AvgIpc) is 3.67. The van der Waals surface area contributed by atoms with Gasteiger partial charge in [-0.25, -0.2) is 9.97 Å². The Kier molecular flexibility index (Phi) is 6.85. The number of anilines is 2. The number of thiophene rings is 3. The van der Waals surface area contributed by atoms with Crippen LogP contribution in [0.15, 0.2) is 45.8 Å². The van der Waals surface area contributed by atoms with Crippen molar-refractivity contribution >= 4 is 90.1 Å². The van der Waals surface area contributed by atoms with Crippen molar-refractivity contribution in [2.24, 2.45) is 0 Å². The summed E-state index contributed by atoms with van der Waals surface area (Å²) in [6.45, 7) is 0. The number of hydrogen-bond donors (Lipinski definition) is 2. The van der Waals surface area contributed by atoms with Crippen molar-refractivity contribution in [3.05, 3.63) is 75.8 Å². The topological polar surface area (TPSA) is 170 Å². The van der Waals surface area contributed by atoms with Crippen molar-refractivity contribution in [3.63, 3.8) is 0 Å². The summed E-state index contributed by atoms with van der Waals surface area (Å²) in [5, 5.41) is 34.0. The van der Waals surface area contributed by atoms with Crippen molar-refractivity contribution in [3.8, 4) is 21.1 Å². The first-order chi connectivity index (χ1) is 17.8. The Morgan fingerprint density at radius 3 is 1.51 bits per heavy atom. The molecule has 0 fully saturated rings. The number of carbonyl (C=O) groups is 2. The number of rotatable bonds is 8. The zero-order chi connectivity index (χ0) is 26.1. The maximum Gasteiger partial charge on any atom is 0.280 e. The van der Waals surface area contributed by atoms with Crippen LogP contribution in [0.4, 0.5) is 21.6 Å². The van der Waals surface area contributed by atoms with Crippen LogP contribution in [0.25, 0.3) is 21.1 Å². The first-order valence-electron chi connectivity index (χ1n) is 9.87. The Bertz CT molecular complexity index is 1540. The minimum atomic E-state index is -0.481. The third kappa shape index (κ3) is 5.44. The molecule has 5 aromatic rings. The number of nitrogens with one attached hydrogen (secondary N) is 2. The predicted octanol–water partition coefficient (Wildman–Crippen LogP) is 6.44. The Morgan fingerprint density at radius 1 is 0.703 bits per heavy atom. The number of carbonyl (C=O) groups excluding carboxylic acids is 2. The van der Waals surface area contributed by atoms with Gasteiger partial charge in [-0.3, -0.25) is 40.5 Å². The minimum Gasteiger partial charge on any atom is -0.297 e. The molecule has 0 saturated heterocycles. The first kappa shape index (κ1) is 24.8. The minimum absolute atomic E-state index is 0.0209. The van der Waals surface area contributed by atoms with Crippen LogP contribution < -0.4 is 10.6 Å². The zero-order valence-corrected chi connectivity index (χ0v) is 22.0. The summed E-state index contributed by atoms with van der Waals surface area (Å²) in [5.74, 6) is -0.893. The number of aromatic nitrogens is 2. The van der Waals surface area contributed by atoms with Crippen LogP contribution in [0.1, 0.15) is 19.3 Å². The molecule has 0 atom stereocenters. The Balaban J connectivity index is 1.21. The molecule has 5 rings (SSSR count). The molecule has 0 aromatic carbocycles. The lowest BCUT2D eigenvalue weighted by atomic mass is 10.3. The van der Waals surface area contributed by atoms with E-state index in [1.807, 2.05) is 0 Å². The van der Waals surface area contributed by atoms with Crippen molar-refractivity contribution < 1.29 is 19.4 Å². The van der Waals surface area contributed by atoms with Gasteiger partial charge in [0, 0.05) is 22.9 Å². The summed E-state index contributed by atoms with van der Waals surface area (Å²) in [7, 11) is 0. The second kappa shape index (κ2) is 10.2. The third-order valence-electron chi connectivity index (χ3n) is 4.60. The summed E-state index contributed by atoms with van der Waals surface area (Å²) in [4.78, 5) is 56.5. The van der Waals surface area contributed by atoms with Gasteiger partial charge >= 0.3 is 0 Å². The number of nitrogens with zero attached hydrogens (tertiary/aromatic N) is 4. The molecule has 37 heavy (non-hydrogen) atoms. The Labute approximate surface area is 226 Å². The van der Waals surface area contributed by atoms with Crippen LogP contribution in [0, 0.1) is 20.2 Å². The van der Waals surface area contributed by atoms with Crippen molar-refractivity contribution in [2.45, 2.75) is 0 Å². The molecule has 0 saturated carbocycles. The van der Waals surface area contributed by atoms with Gasteiger partial charge in [0.2, 0.25) is 0 Å². The second-order valence-corrected chi connectivity index (χ2v) is 11.6. The van der Waals surface area contributed by atoms with Crippen molar-refractivity contribution in [1.29, 1.82) is 0 Å². The van der Waals surface area contributed by atoms with E-state index in [4.69, 9.17) is 0 Å². The molecule has 0 aliphatic rings. The molecular weight excluding hydrogens is 581 g/mol. The second-order valence-electron chi connectivity index (χ2n) is 7.00. The molecule has 5 heterocycles. The van der Waals surface area contributed by atoms with E-state index in [0.29, 0.717) is 41.2 Å². The van der Waals surface area contributed by atoms with Gasteiger partial charge in [-0.05, 0) is 12.1 Å². The molecule has 0 bridgehead atoms. The fourth-order valence-corrected chi connectivity index (χ4v) is 6.89. The highest BCUT2D eigenvalue weighted by atomic mass is 32.1. The molecule has 186 valence electrons. The van der Waals surface area contributed by atoms with Crippen LogP contribution in [-0.2, 0) is 0 Å². The SMILES string of the molecule is O=C(Nc1nc(-c2cc([N+](=O)[O-])cs2)cs1)c1ccc(C(=O)Nc2nc(-c3cc([N+](=O)[O-])cs3)cs2)s1. The van der Waals surface area contributed by atoms with Gasteiger partial charge in [0.25, 0.3) is 23.2 Å². The molecule has 2 N–H and O–H groups in total. The normalized spacial score (nSPS) is 10.8. The summed E-state index contributed by atoms with van der Waals surface area (Å²) < 4.78 is 0. The molecule has 0 aliphatic carbocycles. The van der Waals surface area contributed by atoms with Gasteiger partial charge in [-0.2, -0.15) is 0 Å². The lowest BCUT2D eigenvalue weighted by Crippen LogP contribution is -2.11. The Morgan fingerprint density at radius 2 is 1.14 bits per heavy atom. The first-order valence-corrected chi connectivity index (χ1v) is 14.2. The molecule has 12 nitrogen and oxygen atoms in total. The molecule has 0 radical (unpaired) electrons. The van der Waals surface area contributed by atoms with Crippen molar-refractivity contribution in [1.82, 2.24) is 9.97 Å². The summed E-state index contributed by atoms with van der Waals surface area (Å²) >= 11 is 5.72. The van der Waals surface area contributed by atoms with Crippen molar-refractivity contribution in [2.75, 3.05) is 10.6 Å². The molecule has 5 aromatic heterocycles. The van der Waals surface area contributed by atoms with Gasteiger partial charge in [-0.1, -0.05) is 0 Å². The fourth-order valence-electron chi connectivity index (χ4n) is 2.90. The van der Waals surface area contributed by atoms with Gasteiger partial charge in [-0.15, -0.1) is 56.7 Å². The van der Waals surface area contributed by atoms with Crippen LogP contribution in [-0.4, -0.2) is 31.6 Å². The molecule has 2 amide bonds. The van der Waals surface area contributed by atoms with Gasteiger partial charge in [0.1, 0.15) is 0 Å². The summed E-state index contributed by atoms with van der Waals surface area (Å²) in [6.07, 6.45) is 0. The number of hydrogen-bond acceptors (Lipinski definition) is 13. The highest BCUT2D eigenvalue weighted by Gasteiger charge is 2.19. The van der Waals surface area contributed by atoms with Gasteiger partial charge < -0.3 is 0 Å². The molecule has 0 spiro atoms. The largest absolute Gasteiger partial charge is 0.297 e. The van der Waals surface area contributed by atoms with E-state index in [-0.39, 0.29) is 11.4 Å². The average molecular weight is 591 g/mol. The van der Waals surface area contributed by atoms with Crippen LogP contribution >= 0.6 is 56.7 Å².